The third-order valence-electron chi connectivity index (χ3n) is 3.05. The van der Waals surface area contributed by atoms with Crippen molar-refractivity contribution in [2.45, 2.75) is 12.8 Å². The highest BCUT2D eigenvalue weighted by molar-refractivity contribution is 5.97. The van der Waals surface area contributed by atoms with Crippen molar-refractivity contribution in [2.24, 2.45) is 0 Å². The molecule has 2 N–H and O–H groups in total. The molecular weight excluding hydrogens is 218 g/mol. The molecule has 1 aromatic carbocycles. The van der Waals surface area contributed by atoms with Crippen molar-refractivity contribution in [3.63, 3.8) is 0 Å². The second kappa shape index (κ2) is 3.76. The molecule has 2 aromatic rings. The summed E-state index contributed by atoms with van der Waals surface area (Å²) in [6.45, 7) is 1.69. The molecule has 88 valence electrons. The Morgan fingerprint density at radius 3 is 2.88 bits per heavy atom. The molecule has 0 bridgehead atoms. The summed E-state index contributed by atoms with van der Waals surface area (Å²) in [6.07, 6.45) is 2.17. The number of carbonyl (C=O) groups is 1. The van der Waals surface area contributed by atoms with Crippen LogP contribution in [0.15, 0.2) is 22.6 Å². The van der Waals surface area contributed by atoms with Gasteiger partial charge in [-0.25, -0.2) is 0 Å². The molecule has 1 amide bonds. The van der Waals surface area contributed by atoms with Gasteiger partial charge in [0.15, 0.2) is 5.58 Å². The third kappa shape index (κ3) is 1.73. The number of amides is 1. The van der Waals surface area contributed by atoms with Crippen LogP contribution in [0, 0.1) is 0 Å². The first-order valence-corrected chi connectivity index (χ1v) is 5.69. The maximum Gasteiger partial charge on any atom is 0.292 e. The molecule has 5 heteroatoms. The molecule has 0 saturated carbocycles. The van der Waals surface area contributed by atoms with Gasteiger partial charge in [-0.05, 0) is 31.0 Å². The minimum atomic E-state index is 0.0550. The standard InChI is InChI=1S/C12H13N3O2/c13-12-14-9-4-3-8(7-10(9)17-12)11(16)15-5-1-2-6-15/h3-4,7H,1-2,5-6H2,(H2,13,14). The Labute approximate surface area is 98.2 Å². The van der Waals surface area contributed by atoms with E-state index in [0.717, 1.165) is 25.9 Å². The van der Waals surface area contributed by atoms with Crippen LogP contribution in [-0.2, 0) is 0 Å². The van der Waals surface area contributed by atoms with Gasteiger partial charge in [0.2, 0.25) is 0 Å². The molecule has 5 nitrogen and oxygen atoms in total. The first kappa shape index (κ1) is 10.1. The van der Waals surface area contributed by atoms with Crippen molar-refractivity contribution in [1.82, 2.24) is 9.88 Å². The van der Waals surface area contributed by atoms with Crippen molar-refractivity contribution in [1.29, 1.82) is 0 Å². The average molecular weight is 231 g/mol. The quantitative estimate of drug-likeness (QED) is 0.809. The molecule has 1 fully saturated rings. The summed E-state index contributed by atoms with van der Waals surface area (Å²) in [5, 5.41) is 0. The van der Waals surface area contributed by atoms with E-state index in [0.29, 0.717) is 16.7 Å². The number of hydrogen-bond donors (Lipinski definition) is 1. The van der Waals surface area contributed by atoms with Gasteiger partial charge in [-0.2, -0.15) is 4.98 Å². The van der Waals surface area contributed by atoms with E-state index in [9.17, 15) is 4.79 Å². The van der Waals surface area contributed by atoms with E-state index in [1.807, 2.05) is 4.90 Å². The van der Waals surface area contributed by atoms with Crippen LogP contribution in [0.2, 0.25) is 0 Å². The largest absolute Gasteiger partial charge is 0.424 e. The molecule has 1 aromatic heterocycles. The number of nitrogen functional groups attached to an aromatic ring is 1. The number of anilines is 1. The van der Waals surface area contributed by atoms with E-state index in [1.165, 1.54) is 0 Å². The Morgan fingerprint density at radius 2 is 2.12 bits per heavy atom. The fourth-order valence-electron chi connectivity index (χ4n) is 2.18. The van der Waals surface area contributed by atoms with Gasteiger partial charge in [0, 0.05) is 18.7 Å². The Hall–Kier alpha value is -2.04. The summed E-state index contributed by atoms with van der Waals surface area (Å²) in [5.74, 6) is 0.0550. The summed E-state index contributed by atoms with van der Waals surface area (Å²) in [5.41, 5.74) is 7.34. The van der Waals surface area contributed by atoms with Gasteiger partial charge in [0.25, 0.3) is 11.9 Å². The van der Waals surface area contributed by atoms with Crippen molar-refractivity contribution in [3.05, 3.63) is 23.8 Å². The predicted molar refractivity (Wildman–Crippen MR) is 63.6 cm³/mol. The number of fused-ring (bicyclic) bond motifs is 1. The van der Waals surface area contributed by atoms with Crippen LogP contribution in [0.3, 0.4) is 0 Å². The van der Waals surface area contributed by atoms with E-state index in [1.54, 1.807) is 18.2 Å². The molecule has 17 heavy (non-hydrogen) atoms. The average Bonchev–Trinajstić information content (AvgIpc) is 2.94. The van der Waals surface area contributed by atoms with Crippen LogP contribution in [0.1, 0.15) is 23.2 Å². The summed E-state index contributed by atoms with van der Waals surface area (Å²) in [4.78, 5) is 18.0. The van der Waals surface area contributed by atoms with Crippen LogP contribution in [-0.4, -0.2) is 28.9 Å². The van der Waals surface area contributed by atoms with Crippen molar-refractivity contribution < 1.29 is 9.21 Å². The van der Waals surface area contributed by atoms with Crippen molar-refractivity contribution >= 4 is 23.0 Å². The first-order valence-electron chi connectivity index (χ1n) is 5.69. The minimum absolute atomic E-state index is 0.0550. The summed E-state index contributed by atoms with van der Waals surface area (Å²) in [7, 11) is 0. The van der Waals surface area contributed by atoms with E-state index < -0.39 is 0 Å². The Morgan fingerprint density at radius 1 is 1.35 bits per heavy atom. The zero-order chi connectivity index (χ0) is 11.8. The monoisotopic (exact) mass is 231 g/mol. The van der Waals surface area contributed by atoms with Crippen LogP contribution in [0.5, 0.6) is 0 Å². The smallest absolute Gasteiger partial charge is 0.292 e. The maximum absolute atomic E-state index is 12.1. The maximum atomic E-state index is 12.1. The van der Waals surface area contributed by atoms with E-state index in [4.69, 9.17) is 10.2 Å². The molecule has 1 aliphatic heterocycles. The predicted octanol–water partition coefficient (Wildman–Crippen LogP) is 1.65. The van der Waals surface area contributed by atoms with Crippen LogP contribution >= 0.6 is 0 Å². The molecule has 0 spiro atoms. The molecule has 1 saturated heterocycles. The molecule has 2 heterocycles. The van der Waals surface area contributed by atoms with Gasteiger partial charge in [0.05, 0.1) is 0 Å². The van der Waals surface area contributed by atoms with Crippen molar-refractivity contribution in [3.8, 4) is 0 Å². The fraction of sp³-hybridized carbons (Fsp3) is 0.333. The number of aromatic nitrogens is 1. The van der Waals surface area contributed by atoms with Crippen LogP contribution in [0.25, 0.3) is 11.1 Å². The zero-order valence-corrected chi connectivity index (χ0v) is 9.35. The number of hydrogen-bond acceptors (Lipinski definition) is 4. The highest BCUT2D eigenvalue weighted by Gasteiger charge is 2.20. The highest BCUT2D eigenvalue weighted by Crippen LogP contribution is 2.20. The first-order chi connectivity index (χ1) is 8.24. The summed E-state index contributed by atoms with van der Waals surface area (Å²) >= 11 is 0. The topological polar surface area (TPSA) is 72.4 Å². The summed E-state index contributed by atoms with van der Waals surface area (Å²) in [6, 6.07) is 5.37. The van der Waals surface area contributed by atoms with Gasteiger partial charge in [-0.15, -0.1) is 0 Å². The van der Waals surface area contributed by atoms with Gasteiger partial charge >= 0.3 is 0 Å². The third-order valence-corrected chi connectivity index (χ3v) is 3.05. The molecule has 0 unspecified atom stereocenters. The Bertz CT molecular complexity index is 570. The number of nitrogens with zero attached hydrogens (tertiary/aromatic N) is 2. The van der Waals surface area contributed by atoms with E-state index in [-0.39, 0.29) is 11.9 Å². The minimum Gasteiger partial charge on any atom is -0.424 e. The lowest BCUT2D eigenvalue weighted by molar-refractivity contribution is 0.0793. The van der Waals surface area contributed by atoms with Gasteiger partial charge < -0.3 is 15.1 Å². The molecule has 0 aliphatic carbocycles. The highest BCUT2D eigenvalue weighted by atomic mass is 16.4. The molecular formula is C12H13N3O2. The molecule has 1 aliphatic rings. The van der Waals surface area contributed by atoms with E-state index in [2.05, 4.69) is 4.98 Å². The fourth-order valence-corrected chi connectivity index (χ4v) is 2.18. The second-order valence-corrected chi connectivity index (χ2v) is 4.23. The second-order valence-electron chi connectivity index (χ2n) is 4.23. The molecule has 3 rings (SSSR count). The normalized spacial score (nSPS) is 15.6. The van der Waals surface area contributed by atoms with Gasteiger partial charge in [0.1, 0.15) is 5.52 Å². The Balaban J connectivity index is 1.96. The van der Waals surface area contributed by atoms with Gasteiger partial charge in [-0.3, -0.25) is 4.79 Å². The lowest BCUT2D eigenvalue weighted by atomic mass is 10.2. The number of nitrogens with two attached hydrogens (primary N) is 1. The molecule has 0 atom stereocenters. The zero-order valence-electron chi connectivity index (χ0n) is 9.35. The number of benzene rings is 1. The number of carbonyl (C=O) groups excluding carboxylic acids is 1. The lowest BCUT2D eigenvalue weighted by Gasteiger charge is -2.14. The SMILES string of the molecule is Nc1nc2ccc(C(=O)N3CCCC3)cc2o1. The lowest BCUT2D eigenvalue weighted by Crippen LogP contribution is -2.27. The Kier molecular flexibility index (Phi) is 2.24. The summed E-state index contributed by atoms with van der Waals surface area (Å²) < 4.78 is 5.22. The number of oxazole rings is 1. The van der Waals surface area contributed by atoms with E-state index >= 15 is 0 Å². The van der Waals surface area contributed by atoms with Gasteiger partial charge in [-0.1, -0.05) is 0 Å². The van der Waals surface area contributed by atoms with Crippen LogP contribution in [0.4, 0.5) is 6.01 Å². The number of rotatable bonds is 1. The molecule has 0 radical (unpaired) electrons. The number of likely N-dealkylation sites (tertiary alicyclic amines) is 1. The van der Waals surface area contributed by atoms with Crippen LogP contribution < -0.4 is 5.73 Å². The van der Waals surface area contributed by atoms with Crippen molar-refractivity contribution in [2.75, 3.05) is 18.8 Å².